The van der Waals surface area contributed by atoms with Crippen LogP contribution in [-0.2, 0) is 10.5 Å². The van der Waals surface area contributed by atoms with Crippen molar-refractivity contribution >= 4 is 29.3 Å². The molecule has 1 atom stereocenters. The lowest BCUT2D eigenvalue weighted by molar-refractivity contribution is -0.113. The minimum Gasteiger partial charge on any atom is -0.497 e. The summed E-state index contributed by atoms with van der Waals surface area (Å²) in [5, 5.41) is 11.8. The van der Waals surface area contributed by atoms with Crippen LogP contribution in [0.2, 0.25) is 0 Å². The number of anilines is 2. The van der Waals surface area contributed by atoms with Crippen LogP contribution >= 0.6 is 11.8 Å². The van der Waals surface area contributed by atoms with Gasteiger partial charge in [0, 0.05) is 11.4 Å². The first-order valence-electron chi connectivity index (χ1n) is 12.4. The molecule has 0 radical (unpaired) electrons. The van der Waals surface area contributed by atoms with E-state index in [0.717, 1.165) is 11.3 Å². The lowest BCUT2D eigenvalue weighted by Gasteiger charge is -2.29. The highest BCUT2D eigenvalue weighted by atomic mass is 32.2. The van der Waals surface area contributed by atoms with Crippen molar-refractivity contribution in [3.05, 3.63) is 101 Å². The van der Waals surface area contributed by atoms with E-state index in [1.807, 2.05) is 80.6 Å². The molecule has 0 saturated carbocycles. The monoisotopic (exact) mass is 527 g/mol. The van der Waals surface area contributed by atoms with Crippen LogP contribution in [0.4, 0.5) is 11.6 Å². The second kappa shape index (κ2) is 11.4. The van der Waals surface area contributed by atoms with Crippen molar-refractivity contribution in [2.75, 3.05) is 24.4 Å². The molecule has 1 unspecified atom stereocenters. The van der Waals surface area contributed by atoms with Gasteiger partial charge in [-0.3, -0.25) is 4.79 Å². The number of thioether (sulfide) groups is 1. The van der Waals surface area contributed by atoms with Crippen LogP contribution in [0.3, 0.4) is 0 Å². The van der Waals surface area contributed by atoms with E-state index >= 15 is 0 Å². The number of aromatic nitrogens is 3. The van der Waals surface area contributed by atoms with Crippen LogP contribution in [0.1, 0.15) is 31.0 Å². The van der Waals surface area contributed by atoms with E-state index in [-0.39, 0.29) is 5.91 Å². The van der Waals surface area contributed by atoms with E-state index < -0.39 is 6.04 Å². The highest BCUT2D eigenvalue weighted by Crippen LogP contribution is 2.38. The Kier molecular flexibility index (Phi) is 7.65. The van der Waals surface area contributed by atoms with Crippen molar-refractivity contribution in [3.8, 4) is 11.5 Å². The number of carbonyl (C=O) groups excluding carboxylic acids is 1. The van der Waals surface area contributed by atoms with Gasteiger partial charge in [-0.1, -0.05) is 66.4 Å². The van der Waals surface area contributed by atoms with E-state index in [0.29, 0.717) is 46.2 Å². The Morgan fingerprint density at radius 3 is 2.66 bits per heavy atom. The van der Waals surface area contributed by atoms with Gasteiger partial charge in [-0.2, -0.15) is 4.98 Å². The molecule has 1 amide bonds. The Hall–Kier alpha value is -4.24. The number of methoxy groups -OCH3 is 1. The minimum atomic E-state index is -0.515. The highest BCUT2D eigenvalue weighted by Gasteiger charge is 2.35. The first kappa shape index (κ1) is 25.4. The molecule has 0 fully saturated rings. The Morgan fingerprint density at radius 1 is 1.08 bits per heavy atom. The summed E-state index contributed by atoms with van der Waals surface area (Å²) in [7, 11) is 1.63. The van der Waals surface area contributed by atoms with Gasteiger partial charge >= 0.3 is 0 Å². The van der Waals surface area contributed by atoms with Crippen LogP contribution in [-0.4, -0.2) is 34.4 Å². The Balaban J connectivity index is 1.51. The van der Waals surface area contributed by atoms with Gasteiger partial charge < -0.3 is 20.1 Å². The maximum Gasteiger partial charge on any atom is 0.255 e. The molecular formula is C29H29N5O3S. The van der Waals surface area contributed by atoms with Crippen molar-refractivity contribution in [2.45, 2.75) is 30.8 Å². The van der Waals surface area contributed by atoms with E-state index in [1.165, 1.54) is 5.56 Å². The molecule has 0 saturated heterocycles. The summed E-state index contributed by atoms with van der Waals surface area (Å²) in [5.74, 6) is 2.37. The highest BCUT2D eigenvalue weighted by molar-refractivity contribution is 7.98. The van der Waals surface area contributed by atoms with E-state index in [4.69, 9.17) is 19.6 Å². The third-order valence-electron chi connectivity index (χ3n) is 6.13. The summed E-state index contributed by atoms with van der Waals surface area (Å²) < 4.78 is 13.0. The maximum atomic E-state index is 13.8. The van der Waals surface area contributed by atoms with Crippen LogP contribution in [0.15, 0.2) is 95.3 Å². The van der Waals surface area contributed by atoms with E-state index in [1.54, 1.807) is 23.6 Å². The van der Waals surface area contributed by atoms with Gasteiger partial charge in [0.05, 0.1) is 25.0 Å². The summed E-state index contributed by atoms with van der Waals surface area (Å²) >= 11 is 1.55. The molecule has 5 rings (SSSR count). The Morgan fingerprint density at radius 2 is 1.87 bits per heavy atom. The summed E-state index contributed by atoms with van der Waals surface area (Å²) in [6.07, 6.45) is 0. The summed E-state index contributed by atoms with van der Waals surface area (Å²) in [5.41, 5.74) is 3.88. The van der Waals surface area contributed by atoms with Crippen molar-refractivity contribution < 1.29 is 14.3 Å². The average molecular weight is 528 g/mol. The zero-order chi connectivity index (χ0) is 26.5. The van der Waals surface area contributed by atoms with Gasteiger partial charge in [-0.15, -0.1) is 5.10 Å². The molecule has 4 aromatic rings. The second-order valence-corrected chi connectivity index (χ2v) is 9.61. The molecule has 1 aliphatic rings. The van der Waals surface area contributed by atoms with Crippen molar-refractivity contribution in [1.29, 1.82) is 0 Å². The van der Waals surface area contributed by atoms with Gasteiger partial charge in [0.1, 0.15) is 17.5 Å². The first-order valence-corrected chi connectivity index (χ1v) is 13.3. The fraction of sp³-hybridized carbons (Fsp3) is 0.207. The van der Waals surface area contributed by atoms with Crippen LogP contribution < -0.4 is 20.1 Å². The number of hydrogen-bond donors (Lipinski definition) is 2. The number of allylic oxidation sites excluding steroid dienone is 1. The first-order chi connectivity index (χ1) is 18.6. The Labute approximate surface area is 226 Å². The Bertz CT molecular complexity index is 1470. The van der Waals surface area contributed by atoms with Crippen LogP contribution in [0.25, 0.3) is 0 Å². The van der Waals surface area contributed by atoms with Crippen molar-refractivity contribution in [3.63, 3.8) is 0 Å². The normalized spacial score (nSPS) is 14.4. The molecule has 0 spiro atoms. The lowest BCUT2D eigenvalue weighted by atomic mass is 9.95. The summed E-state index contributed by atoms with van der Waals surface area (Å²) in [6.45, 7) is 4.29. The van der Waals surface area contributed by atoms with Crippen LogP contribution in [0.5, 0.6) is 11.5 Å². The number of para-hydroxylation sites is 2. The summed E-state index contributed by atoms with van der Waals surface area (Å²) in [6, 6.07) is 24.8. The zero-order valence-corrected chi connectivity index (χ0v) is 22.3. The van der Waals surface area contributed by atoms with Gasteiger partial charge in [0.15, 0.2) is 0 Å². The fourth-order valence-corrected chi connectivity index (χ4v) is 5.15. The number of nitrogens with zero attached hydrogens (tertiary/aromatic N) is 3. The molecule has 2 N–H and O–H groups in total. The number of nitrogens with one attached hydrogen (secondary N) is 2. The molecule has 38 heavy (non-hydrogen) atoms. The van der Waals surface area contributed by atoms with Gasteiger partial charge in [0.2, 0.25) is 11.1 Å². The van der Waals surface area contributed by atoms with Gasteiger partial charge in [-0.05, 0) is 49.2 Å². The summed E-state index contributed by atoms with van der Waals surface area (Å²) in [4.78, 5) is 18.6. The number of rotatable bonds is 9. The standard InChI is InChI=1S/C29H29N5O3S/c1-4-37-24-16-9-8-15-23(24)31-27(35)25-19(2)30-28-32-29(38-18-20-11-6-5-7-12-20)33-34(28)26(25)21-13-10-14-22(17-21)36-3/h5-17,26H,4,18H2,1-3H3,(H,31,35)(H,30,32,33). The smallest absolute Gasteiger partial charge is 0.255 e. The minimum absolute atomic E-state index is 0.255. The molecule has 9 heteroatoms. The molecule has 3 aromatic carbocycles. The van der Waals surface area contributed by atoms with E-state index in [2.05, 4.69) is 22.8 Å². The SMILES string of the molecule is CCOc1ccccc1NC(=O)C1=C(C)Nc2nc(SCc3ccccc3)nn2C1c1cccc(OC)c1. The molecule has 194 valence electrons. The van der Waals surface area contributed by atoms with Gasteiger partial charge in [-0.25, -0.2) is 4.68 Å². The molecule has 1 aromatic heterocycles. The fourth-order valence-electron chi connectivity index (χ4n) is 4.37. The quantitative estimate of drug-likeness (QED) is 0.262. The number of carbonyl (C=O) groups is 1. The number of hydrogen-bond acceptors (Lipinski definition) is 7. The zero-order valence-electron chi connectivity index (χ0n) is 21.5. The molecular weight excluding hydrogens is 498 g/mol. The average Bonchev–Trinajstić information content (AvgIpc) is 3.35. The molecule has 8 nitrogen and oxygen atoms in total. The third kappa shape index (κ3) is 5.38. The van der Waals surface area contributed by atoms with Gasteiger partial charge in [0.25, 0.3) is 5.91 Å². The molecule has 2 heterocycles. The third-order valence-corrected chi connectivity index (χ3v) is 7.04. The largest absolute Gasteiger partial charge is 0.497 e. The number of fused-ring (bicyclic) bond motifs is 1. The number of amides is 1. The molecule has 1 aliphatic heterocycles. The number of benzene rings is 3. The van der Waals surface area contributed by atoms with Crippen molar-refractivity contribution in [1.82, 2.24) is 14.8 Å². The van der Waals surface area contributed by atoms with E-state index in [9.17, 15) is 4.79 Å². The predicted octanol–water partition coefficient (Wildman–Crippen LogP) is 5.91. The second-order valence-electron chi connectivity index (χ2n) is 8.66. The lowest BCUT2D eigenvalue weighted by Crippen LogP contribution is -2.31. The molecule has 0 aliphatic carbocycles. The maximum absolute atomic E-state index is 13.8. The van der Waals surface area contributed by atoms with Crippen molar-refractivity contribution in [2.24, 2.45) is 0 Å². The predicted molar refractivity (Wildman–Crippen MR) is 150 cm³/mol. The van der Waals surface area contributed by atoms with Crippen LogP contribution in [0, 0.1) is 0 Å². The topological polar surface area (TPSA) is 90.3 Å². The number of ether oxygens (including phenoxy) is 2. The molecule has 0 bridgehead atoms.